The number of nitrogens with one attached hydrogen (secondary N) is 1. The van der Waals surface area contributed by atoms with Gasteiger partial charge in [0.2, 0.25) is 0 Å². The van der Waals surface area contributed by atoms with Gasteiger partial charge in [-0.1, -0.05) is 0 Å². The van der Waals surface area contributed by atoms with Crippen LogP contribution < -0.4 is 5.32 Å². The van der Waals surface area contributed by atoms with Crippen LogP contribution in [0.2, 0.25) is 0 Å². The molecule has 3 nitrogen and oxygen atoms in total. The lowest BCUT2D eigenvalue weighted by Gasteiger charge is -2.21. The summed E-state index contributed by atoms with van der Waals surface area (Å²) in [4.78, 5) is 2.52. The van der Waals surface area contributed by atoms with Gasteiger partial charge in [-0.2, -0.15) is 0 Å². The highest BCUT2D eigenvalue weighted by Crippen LogP contribution is 2.17. The zero-order valence-corrected chi connectivity index (χ0v) is 10.6. The van der Waals surface area contributed by atoms with E-state index in [1.165, 1.54) is 19.5 Å². The zero-order valence-electron chi connectivity index (χ0n) is 10.6. The van der Waals surface area contributed by atoms with Crippen LogP contribution in [0.15, 0.2) is 0 Å². The maximum atomic E-state index is 9.56. The molecule has 1 rings (SSSR count). The van der Waals surface area contributed by atoms with Crippen molar-refractivity contribution < 1.29 is 5.11 Å². The summed E-state index contributed by atoms with van der Waals surface area (Å²) in [5.74, 6) is 0.759. The van der Waals surface area contributed by atoms with Crippen LogP contribution >= 0.6 is 0 Å². The van der Waals surface area contributed by atoms with Gasteiger partial charge in [-0.25, -0.2) is 0 Å². The quantitative estimate of drug-likeness (QED) is 0.719. The van der Waals surface area contributed by atoms with E-state index in [0.29, 0.717) is 12.6 Å². The molecule has 15 heavy (non-hydrogen) atoms. The summed E-state index contributed by atoms with van der Waals surface area (Å²) in [7, 11) is 0. The predicted molar refractivity (Wildman–Crippen MR) is 64.0 cm³/mol. The number of hydrogen-bond donors (Lipinski definition) is 2. The predicted octanol–water partition coefficient (Wildman–Crippen LogP) is 1.08. The Kier molecular flexibility index (Phi) is 4.56. The average molecular weight is 214 g/mol. The highest BCUT2D eigenvalue weighted by molar-refractivity contribution is 4.80. The van der Waals surface area contributed by atoms with Crippen LogP contribution in [0.4, 0.5) is 0 Å². The summed E-state index contributed by atoms with van der Waals surface area (Å²) in [6, 6.07) is 0.671. The first-order valence-corrected chi connectivity index (χ1v) is 6.05. The fraction of sp³-hybridized carbons (Fsp3) is 1.00. The second kappa shape index (κ2) is 5.28. The molecular formula is C12H26N2O. The monoisotopic (exact) mass is 214 g/mol. The van der Waals surface area contributed by atoms with E-state index in [1.807, 2.05) is 13.8 Å². The Bertz CT molecular complexity index is 187. The summed E-state index contributed by atoms with van der Waals surface area (Å²) in [5, 5.41) is 12.9. The van der Waals surface area contributed by atoms with Gasteiger partial charge in [0.25, 0.3) is 0 Å². The van der Waals surface area contributed by atoms with E-state index >= 15 is 0 Å². The Hall–Kier alpha value is -0.120. The number of rotatable bonds is 5. The van der Waals surface area contributed by atoms with Crippen molar-refractivity contribution in [2.45, 2.75) is 45.8 Å². The van der Waals surface area contributed by atoms with Crippen LogP contribution in [-0.2, 0) is 0 Å². The lowest BCUT2D eigenvalue weighted by Crippen LogP contribution is -2.38. The van der Waals surface area contributed by atoms with Gasteiger partial charge in [0, 0.05) is 19.1 Å². The van der Waals surface area contributed by atoms with E-state index in [4.69, 9.17) is 0 Å². The zero-order chi connectivity index (χ0) is 11.5. The first-order valence-electron chi connectivity index (χ1n) is 6.05. The van der Waals surface area contributed by atoms with Crippen molar-refractivity contribution in [2.75, 3.05) is 26.2 Å². The largest absolute Gasteiger partial charge is 0.389 e. The summed E-state index contributed by atoms with van der Waals surface area (Å²) in [6.07, 6.45) is 1.29. The van der Waals surface area contributed by atoms with Gasteiger partial charge in [0.1, 0.15) is 0 Å². The van der Waals surface area contributed by atoms with Crippen LogP contribution in [0.1, 0.15) is 34.1 Å². The molecule has 0 bridgehead atoms. The molecule has 1 saturated heterocycles. The van der Waals surface area contributed by atoms with Crippen LogP contribution in [0.25, 0.3) is 0 Å². The van der Waals surface area contributed by atoms with Gasteiger partial charge in [0.05, 0.1) is 5.60 Å². The Morgan fingerprint density at radius 1 is 1.47 bits per heavy atom. The second-order valence-electron chi connectivity index (χ2n) is 5.69. The van der Waals surface area contributed by atoms with Crippen molar-refractivity contribution in [3.05, 3.63) is 0 Å². The first-order chi connectivity index (χ1) is 6.88. The molecule has 0 radical (unpaired) electrons. The van der Waals surface area contributed by atoms with Crippen molar-refractivity contribution in [1.82, 2.24) is 10.2 Å². The minimum atomic E-state index is -0.587. The van der Waals surface area contributed by atoms with E-state index in [9.17, 15) is 5.11 Å². The molecule has 1 heterocycles. The van der Waals surface area contributed by atoms with E-state index in [2.05, 4.69) is 24.1 Å². The van der Waals surface area contributed by atoms with Crippen molar-refractivity contribution >= 4 is 0 Å². The van der Waals surface area contributed by atoms with Gasteiger partial charge in [0.15, 0.2) is 0 Å². The Labute approximate surface area is 93.9 Å². The first kappa shape index (κ1) is 12.9. The molecule has 0 saturated carbocycles. The van der Waals surface area contributed by atoms with Crippen molar-refractivity contribution in [3.8, 4) is 0 Å². The molecule has 2 N–H and O–H groups in total. The van der Waals surface area contributed by atoms with Crippen LogP contribution in [-0.4, -0.2) is 47.8 Å². The maximum absolute atomic E-state index is 9.56. The minimum Gasteiger partial charge on any atom is -0.389 e. The maximum Gasteiger partial charge on any atom is 0.0715 e. The van der Waals surface area contributed by atoms with Crippen LogP contribution in [0, 0.1) is 5.92 Å². The molecular weight excluding hydrogens is 188 g/mol. The van der Waals surface area contributed by atoms with Crippen molar-refractivity contribution in [1.29, 1.82) is 0 Å². The molecule has 1 fully saturated rings. The second-order valence-corrected chi connectivity index (χ2v) is 5.69. The molecule has 0 aromatic carbocycles. The average Bonchev–Trinajstić information content (AvgIpc) is 2.50. The highest BCUT2D eigenvalue weighted by Gasteiger charge is 2.24. The van der Waals surface area contributed by atoms with Gasteiger partial charge >= 0.3 is 0 Å². The molecule has 0 spiro atoms. The number of likely N-dealkylation sites (tertiary alicyclic amines) is 1. The normalized spacial score (nSPS) is 24.0. The van der Waals surface area contributed by atoms with Gasteiger partial charge in [-0.15, -0.1) is 0 Å². The number of aliphatic hydroxyl groups is 1. The fourth-order valence-corrected chi connectivity index (χ4v) is 2.08. The molecule has 0 aromatic heterocycles. The Morgan fingerprint density at radius 2 is 2.13 bits per heavy atom. The minimum absolute atomic E-state index is 0.587. The molecule has 0 aromatic rings. The van der Waals surface area contributed by atoms with Gasteiger partial charge in [-0.3, -0.25) is 0 Å². The topological polar surface area (TPSA) is 35.5 Å². The standard InChI is InChI=1S/C12H26N2O/c1-10(2)14-6-5-11(8-14)7-13-9-12(3,4)15/h10-11,13,15H,5-9H2,1-4H3. The summed E-state index contributed by atoms with van der Waals surface area (Å²) >= 11 is 0. The lowest BCUT2D eigenvalue weighted by molar-refractivity contribution is 0.0787. The molecule has 3 heteroatoms. The smallest absolute Gasteiger partial charge is 0.0715 e. The van der Waals surface area contributed by atoms with Gasteiger partial charge < -0.3 is 15.3 Å². The molecule has 0 aliphatic carbocycles. The van der Waals surface area contributed by atoms with E-state index in [-0.39, 0.29) is 0 Å². The van der Waals surface area contributed by atoms with E-state index in [1.54, 1.807) is 0 Å². The van der Waals surface area contributed by atoms with Crippen LogP contribution in [0.3, 0.4) is 0 Å². The lowest BCUT2D eigenvalue weighted by atomic mass is 10.1. The third kappa shape index (κ3) is 4.96. The molecule has 1 unspecified atom stereocenters. The summed E-state index contributed by atoms with van der Waals surface area (Å²) in [5.41, 5.74) is -0.587. The van der Waals surface area contributed by atoms with Crippen molar-refractivity contribution in [2.24, 2.45) is 5.92 Å². The molecule has 1 atom stereocenters. The molecule has 0 amide bonds. The summed E-state index contributed by atoms with van der Waals surface area (Å²) < 4.78 is 0. The fourth-order valence-electron chi connectivity index (χ4n) is 2.08. The van der Waals surface area contributed by atoms with E-state index < -0.39 is 5.60 Å². The summed E-state index contributed by atoms with van der Waals surface area (Å²) in [6.45, 7) is 12.4. The van der Waals surface area contributed by atoms with Crippen LogP contribution in [0.5, 0.6) is 0 Å². The van der Waals surface area contributed by atoms with Crippen molar-refractivity contribution in [3.63, 3.8) is 0 Å². The van der Waals surface area contributed by atoms with Gasteiger partial charge in [-0.05, 0) is 53.1 Å². The molecule has 1 aliphatic heterocycles. The highest BCUT2D eigenvalue weighted by atomic mass is 16.3. The third-order valence-corrected chi connectivity index (χ3v) is 3.04. The SMILES string of the molecule is CC(C)N1CCC(CNCC(C)(C)O)C1. The third-order valence-electron chi connectivity index (χ3n) is 3.04. The number of nitrogens with zero attached hydrogens (tertiary/aromatic N) is 1. The Balaban J connectivity index is 2.14. The number of hydrogen-bond acceptors (Lipinski definition) is 3. The molecule has 90 valence electrons. The molecule has 1 aliphatic rings. The Morgan fingerprint density at radius 3 is 2.60 bits per heavy atom. The van der Waals surface area contributed by atoms with E-state index in [0.717, 1.165) is 12.5 Å².